The van der Waals surface area contributed by atoms with Gasteiger partial charge >= 0.3 is 0 Å². The van der Waals surface area contributed by atoms with E-state index in [-0.39, 0.29) is 37.1 Å². The molecule has 0 spiro atoms. The van der Waals surface area contributed by atoms with Gasteiger partial charge in [0.05, 0.1) is 19.3 Å². The lowest BCUT2D eigenvalue weighted by molar-refractivity contribution is -0.132. The van der Waals surface area contributed by atoms with Crippen LogP contribution in [0.1, 0.15) is 31.2 Å². The SMILES string of the molecule is COc1ccc(Oc2ccc(C3(CC(=O)NO)CCN(C(=O)C4CC4)CCS3(=O)=O)cc2)cc1. The second-order valence-corrected chi connectivity index (χ2v) is 11.1. The summed E-state index contributed by atoms with van der Waals surface area (Å²) in [6, 6.07) is 13.6. The van der Waals surface area contributed by atoms with Crippen LogP contribution < -0.4 is 15.0 Å². The summed E-state index contributed by atoms with van der Waals surface area (Å²) in [5.41, 5.74) is 1.98. The van der Waals surface area contributed by atoms with E-state index < -0.39 is 26.9 Å². The first kappa shape index (κ1) is 24.0. The van der Waals surface area contributed by atoms with Crippen LogP contribution in [0.2, 0.25) is 0 Å². The van der Waals surface area contributed by atoms with Crippen molar-refractivity contribution in [2.24, 2.45) is 5.92 Å². The minimum absolute atomic E-state index is 0.0228. The van der Waals surface area contributed by atoms with Crippen LogP contribution in [0.25, 0.3) is 0 Å². The molecule has 2 aromatic carbocycles. The molecule has 0 bridgehead atoms. The van der Waals surface area contributed by atoms with E-state index in [1.165, 1.54) is 0 Å². The number of nitrogens with one attached hydrogen (secondary N) is 1. The summed E-state index contributed by atoms with van der Waals surface area (Å²) in [5.74, 6) is 0.662. The lowest BCUT2D eigenvalue weighted by atomic mass is 9.90. The average Bonchev–Trinajstić information content (AvgIpc) is 3.69. The van der Waals surface area contributed by atoms with E-state index in [4.69, 9.17) is 14.7 Å². The quantitative estimate of drug-likeness (QED) is 0.454. The van der Waals surface area contributed by atoms with Crippen molar-refractivity contribution in [3.05, 3.63) is 54.1 Å². The van der Waals surface area contributed by atoms with Gasteiger partial charge in [-0.1, -0.05) is 12.1 Å². The Morgan fingerprint density at radius 1 is 1.03 bits per heavy atom. The van der Waals surface area contributed by atoms with Gasteiger partial charge in [-0.2, -0.15) is 0 Å². The number of amides is 2. The van der Waals surface area contributed by atoms with Crippen molar-refractivity contribution in [2.75, 3.05) is 26.0 Å². The highest BCUT2D eigenvalue weighted by atomic mass is 32.2. The minimum Gasteiger partial charge on any atom is -0.497 e. The fraction of sp³-hybridized carbons (Fsp3) is 0.417. The monoisotopic (exact) mass is 488 g/mol. The number of rotatable bonds is 7. The maximum Gasteiger partial charge on any atom is 0.245 e. The molecule has 9 nitrogen and oxygen atoms in total. The molecule has 2 fully saturated rings. The molecule has 2 aliphatic rings. The van der Waals surface area contributed by atoms with Gasteiger partial charge in [-0.25, -0.2) is 13.9 Å². The fourth-order valence-corrected chi connectivity index (χ4v) is 6.45. The van der Waals surface area contributed by atoms with Gasteiger partial charge in [0.1, 0.15) is 22.0 Å². The minimum atomic E-state index is -3.85. The van der Waals surface area contributed by atoms with Gasteiger partial charge in [0.15, 0.2) is 9.84 Å². The highest BCUT2D eigenvalue weighted by molar-refractivity contribution is 7.92. The average molecular weight is 489 g/mol. The van der Waals surface area contributed by atoms with Crippen LogP contribution in [0.3, 0.4) is 0 Å². The van der Waals surface area contributed by atoms with Gasteiger partial charge in [0.2, 0.25) is 11.8 Å². The first-order valence-electron chi connectivity index (χ1n) is 11.1. The predicted octanol–water partition coefficient (Wildman–Crippen LogP) is 2.64. The lowest BCUT2D eigenvalue weighted by Crippen LogP contribution is -2.42. The van der Waals surface area contributed by atoms with Gasteiger partial charge in [-0.05, 0) is 61.2 Å². The molecule has 1 heterocycles. The number of carbonyl (C=O) groups excluding carboxylic acids is 2. The maximum atomic E-state index is 13.5. The number of ether oxygens (including phenoxy) is 2. The summed E-state index contributed by atoms with van der Waals surface area (Å²) >= 11 is 0. The predicted molar refractivity (Wildman–Crippen MR) is 123 cm³/mol. The van der Waals surface area contributed by atoms with Gasteiger partial charge in [0.25, 0.3) is 0 Å². The van der Waals surface area contributed by atoms with Crippen LogP contribution in [0.4, 0.5) is 0 Å². The Balaban J connectivity index is 1.62. The second kappa shape index (κ2) is 9.63. The van der Waals surface area contributed by atoms with Crippen LogP contribution in [0.15, 0.2) is 48.5 Å². The highest BCUT2D eigenvalue weighted by Crippen LogP contribution is 2.42. The van der Waals surface area contributed by atoms with Crippen molar-refractivity contribution in [2.45, 2.75) is 30.4 Å². The van der Waals surface area contributed by atoms with Crippen molar-refractivity contribution in [1.82, 2.24) is 10.4 Å². The molecular formula is C24H28N2O7S. The summed E-state index contributed by atoms with van der Waals surface area (Å²) in [6.45, 7) is 0.316. The molecule has 1 atom stereocenters. The molecule has 0 radical (unpaired) electrons. The van der Waals surface area contributed by atoms with Crippen LogP contribution in [0.5, 0.6) is 17.2 Å². The summed E-state index contributed by atoms with van der Waals surface area (Å²) in [6.07, 6.45) is 1.27. The van der Waals surface area contributed by atoms with Crippen molar-refractivity contribution in [3.8, 4) is 17.2 Å². The molecule has 2 aromatic rings. The molecule has 182 valence electrons. The smallest absolute Gasteiger partial charge is 0.245 e. The van der Waals surface area contributed by atoms with E-state index in [9.17, 15) is 18.0 Å². The van der Waals surface area contributed by atoms with Gasteiger partial charge in [-0.3, -0.25) is 14.8 Å². The third-order valence-electron chi connectivity index (χ3n) is 6.50. The highest BCUT2D eigenvalue weighted by Gasteiger charge is 2.49. The Morgan fingerprint density at radius 3 is 2.18 bits per heavy atom. The molecule has 1 saturated heterocycles. The fourth-order valence-electron chi connectivity index (χ4n) is 4.35. The molecule has 34 heavy (non-hydrogen) atoms. The second-order valence-electron chi connectivity index (χ2n) is 8.68. The molecule has 2 N–H and O–H groups in total. The molecule has 1 unspecified atom stereocenters. The van der Waals surface area contributed by atoms with Gasteiger partial charge < -0.3 is 14.4 Å². The number of carbonyl (C=O) groups is 2. The Bertz CT molecular complexity index is 1140. The summed E-state index contributed by atoms with van der Waals surface area (Å²) in [4.78, 5) is 26.4. The van der Waals surface area contributed by atoms with Crippen molar-refractivity contribution >= 4 is 21.7 Å². The number of hydroxylamine groups is 1. The lowest BCUT2D eigenvalue weighted by Gasteiger charge is -2.32. The molecule has 1 aliphatic carbocycles. The van der Waals surface area contributed by atoms with Crippen LogP contribution >= 0.6 is 0 Å². The van der Waals surface area contributed by atoms with E-state index in [1.54, 1.807) is 66.0 Å². The number of benzene rings is 2. The molecule has 0 aromatic heterocycles. The Hall–Kier alpha value is -3.11. The van der Waals surface area contributed by atoms with E-state index in [1.807, 2.05) is 0 Å². The standard InChI is InChI=1S/C24H28N2O7S/c1-32-19-8-10-21(11-9-19)33-20-6-4-18(5-7-20)24(16-22(27)25-29)12-13-26(14-15-34(24,30)31)23(28)17-2-3-17/h4-11,17,29H,2-3,12-16H2,1H3,(H,25,27). The molecule has 2 amide bonds. The van der Waals surface area contributed by atoms with E-state index in [2.05, 4.69) is 0 Å². The van der Waals surface area contributed by atoms with Crippen LogP contribution in [-0.2, 0) is 24.2 Å². The summed E-state index contributed by atoms with van der Waals surface area (Å²) in [5, 5.41) is 9.15. The number of nitrogens with zero attached hydrogens (tertiary/aromatic N) is 1. The van der Waals surface area contributed by atoms with Gasteiger partial charge in [-0.15, -0.1) is 0 Å². The number of methoxy groups -OCH3 is 1. The first-order valence-corrected chi connectivity index (χ1v) is 12.8. The van der Waals surface area contributed by atoms with E-state index >= 15 is 0 Å². The number of hydrogen-bond acceptors (Lipinski definition) is 7. The van der Waals surface area contributed by atoms with E-state index in [0.717, 1.165) is 12.8 Å². The molecule has 1 aliphatic heterocycles. The molecule has 4 rings (SSSR count). The summed E-state index contributed by atoms with van der Waals surface area (Å²) < 4.78 is 36.4. The zero-order chi connectivity index (χ0) is 24.3. The first-order chi connectivity index (χ1) is 16.3. The molecular weight excluding hydrogens is 460 g/mol. The van der Waals surface area contributed by atoms with E-state index in [0.29, 0.717) is 22.8 Å². The van der Waals surface area contributed by atoms with Crippen molar-refractivity contribution in [1.29, 1.82) is 0 Å². The van der Waals surface area contributed by atoms with Gasteiger partial charge in [0, 0.05) is 19.0 Å². The normalized spacial score (nSPS) is 21.9. The number of hydrogen-bond donors (Lipinski definition) is 2. The van der Waals surface area contributed by atoms with Crippen LogP contribution in [-0.4, -0.2) is 56.3 Å². The topological polar surface area (TPSA) is 122 Å². The van der Waals surface area contributed by atoms with Crippen molar-refractivity contribution < 1.29 is 32.7 Å². The third kappa shape index (κ3) is 4.88. The third-order valence-corrected chi connectivity index (χ3v) is 8.99. The number of sulfone groups is 1. The Morgan fingerprint density at radius 2 is 1.62 bits per heavy atom. The van der Waals surface area contributed by atoms with Crippen LogP contribution in [0, 0.1) is 5.92 Å². The Kier molecular flexibility index (Phi) is 6.81. The zero-order valence-electron chi connectivity index (χ0n) is 18.9. The Labute approximate surface area is 198 Å². The summed E-state index contributed by atoms with van der Waals surface area (Å²) in [7, 11) is -2.28. The molecule has 1 saturated carbocycles. The largest absolute Gasteiger partial charge is 0.497 e. The zero-order valence-corrected chi connectivity index (χ0v) is 19.7. The van der Waals surface area contributed by atoms with Crippen molar-refractivity contribution in [3.63, 3.8) is 0 Å². The maximum absolute atomic E-state index is 13.5. The molecule has 10 heteroatoms.